The molecule has 1 amide bonds. The molecule has 27 heavy (non-hydrogen) atoms. The first-order valence-corrected chi connectivity index (χ1v) is 11.0. The second-order valence-corrected chi connectivity index (χ2v) is 8.50. The molecule has 1 aliphatic rings. The molecule has 0 bridgehead atoms. The number of aromatic amines is 1. The Hall–Kier alpha value is -1.82. The molecule has 146 valence electrons. The van der Waals surface area contributed by atoms with Gasteiger partial charge in [0.15, 0.2) is 5.82 Å². The molecule has 0 saturated heterocycles. The number of rotatable bonds is 7. The monoisotopic (exact) mass is 386 g/mol. The van der Waals surface area contributed by atoms with Crippen LogP contribution in [0, 0.1) is 0 Å². The number of carbonyl (C=O) groups is 1. The smallest absolute Gasteiger partial charge is 0.236 e. The molecule has 3 rings (SSSR count). The Bertz CT molecular complexity index is 737. The zero-order chi connectivity index (χ0) is 19.2. The highest BCUT2D eigenvalue weighted by Gasteiger charge is 2.28. The van der Waals surface area contributed by atoms with Gasteiger partial charge in [-0.3, -0.25) is 9.89 Å². The average molecular weight is 387 g/mol. The van der Waals surface area contributed by atoms with Crippen LogP contribution in [0.1, 0.15) is 58.4 Å². The number of nitrogens with zero attached hydrogens (tertiary/aromatic N) is 3. The van der Waals surface area contributed by atoms with Gasteiger partial charge in [0, 0.05) is 18.2 Å². The van der Waals surface area contributed by atoms with Gasteiger partial charge in [0.2, 0.25) is 11.1 Å². The number of carbonyl (C=O) groups excluding carboxylic acids is 1. The molecule has 0 aliphatic heterocycles. The van der Waals surface area contributed by atoms with Gasteiger partial charge in [-0.05, 0) is 38.7 Å². The second kappa shape index (κ2) is 9.40. The van der Waals surface area contributed by atoms with Crippen LogP contribution in [0.5, 0.6) is 0 Å². The van der Waals surface area contributed by atoms with Crippen LogP contribution >= 0.6 is 11.8 Å². The molecule has 1 heterocycles. The van der Waals surface area contributed by atoms with Gasteiger partial charge in [-0.25, -0.2) is 4.98 Å². The third-order valence-corrected chi connectivity index (χ3v) is 6.32. The molecular formula is C21H30N4OS. The number of amides is 1. The number of nitrogens with one attached hydrogen (secondary N) is 1. The Morgan fingerprint density at radius 3 is 2.56 bits per heavy atom. The fraction of sp³-hybridized carbons (Fsp3) is 0.571. The Labute approximate surface area is 166 Å². The van der Waals surface area contributed by atoms with E-state index in [4.69, 9.17) is 0 Å². The van der Waals surface area contributed by atoms with E-state index in [1.165, 1.54) is 36.6 Å². The quantitative estimate of drug-likeness (QED) is 0.701. The van der Waals surface area contributed by atoms with Crippen molar-refractivity contribution in [1.82, 2.24) is 20.1 Å². The van der Waals surface area contributed by atoms with Crippen LogP contribution in [0.4, 0.5) is 0 Å². The SMILES string of the molecule is CCc1ccc(-c2nc(S[C@H](C)C(=O)N(CC)C3CCCCC3)n[nH]2)cc1. The lowest BCUT2D eigenvalue weighted by molar-refractivity contribution is -0.133. The Morgan fingerprint density at radius 1 is 1.22 bits per heavy atom. The van der Waals surface area contributed by atoms with Gasteiger partial charge < -0.3 is 4.90 Å². The third kappa shape index (κ3) is 4.92. The van der Waals surface area contributed by atoms with E-state index in [0.29, 0.717) is 11.2 Å². The fourth-order valence-electron chi connectivity index (χ4n) is 3.76. The first-order valence-electron chi connectivity index (χ1n) is 10.1. The summed E-state index contributed by atoms with van der Waals surface area (Å²) in [6.45, 7) is 6.96. The van der Waals surface area contributed by atoms with Gasteiger partial charge in [-0.2, -0.15) is 0 Å². The minimum Gasteiger partial charge on any atom is -0.339 e. The van der Waals surface area contributed by atoms with E-state index in [1.807, 2.05) is 6.92 Å². The standard InChI is InChI=1S/C21H30N4OS/c1-4-16-11-13-17(14-12-16)19-22-21(24-23-19)27-15(3)20(26)25(5-2)18-9-7-6-8-10-18/h11-15,18H,4-10H2,1-3H3,(H,22,23,24)/t15-/m1/s1. The second-order valence-electron chi connectivity index (χ2n) is 7.19. The molecule has 0 radical (unpaired) electrons. The highest BCUT2D eigenvalue weighted by molar-refractivity contribution is 8.00. The van der Waals surface area contributed by atoms with E-state index < -0.39 is 0 Å². The molecule has 0 unspecified atom stereocenters. The molecule has 6 heteroatoms. The van der Waals surface area contributed by atoms with Crippen molar-refractivity contribution in [2.75, 3.05) is 6.54 Å². The van der Waals surface area contributed by atoms with Crippen molar-refractivity contribution in [2.24, 2.45) is 0 Å². The number of H-pyrrole nitrogens is 1. The van der Waals surface area contributed by atoms with Crippen LogP contribution in [-0.2, 0) is 11.2 Å². The topological polar surface area (TPSA) is 61.9 Å². The number of hydrogen-bond donors (Lipinski definition) is 1. The minimum atomic E-state index is -0.182. The number of benzene rings is 1. The summed E-state index contributed by atoms with van der Waals surface area (Å²) in [4.78, 5) is 19.6. The molecule has 1 saturated carbocycles. The van der Waals surface area contributed by atoms with Gasteiger partial charge in [-0.1, -0.05) is 62.2 Å². The number of hydrogen-bond acceptors (Lipinski definition) is 4. The lowest BCUT2D eigenvalue weighted by Crippen LogP contribution is -2.44. The maximum atomic E-state index is 13.0. The lowest BCUT2D eigenvalue weighted by Gasteiger charge is -2.35. The Morgan fingerprint density at radius 2 is 1.93 bits per heavy atom. The van der Waals surface area contributed by atoms with Crippen LogP contribution in [-0.4, -0.2) is 43.8 Å². The molecule has 1 aromatic heterocycles. The van der Waals surface area contributed by atoms with Crippen LogP contribution in [0.2, 0.25) is 0 Å². The van der Waals surface area contributed by atoms with Gasteiger partial charge >= 0.3 is 0 Å². The molecule has 1 atom stereocenters. The molecule has 1 fully saturated rings. The maximum absolute atomic E-state index is 13.0. The van der Waals surface area contributed by atoms with Crippen LogP contribution in [0.3, 0.4) is 0 Å². The van der Waals surface area contributed by atoms with Gasteiger partial charge in [0.05, 0.1) is 5.25 Å². The minimum absolute atomic E-state index is 0.182. The summed E-state index contributed by atoms with van der Waals surface area (Å²) >= 11 is 1.44. The van der Waals surface area contributed by atoms with Crippen LogP contribution < -0.4 is 0 Å². The van der Waals surface area contributed by atoms with Crippen molar-refractivity contribution in [2.45, 2.75) is 75.7 Å². The van der Waals surface area contributed by atoms with Gasteiger partial charge in [0.1, 0.15) is 0 Å². The van der Waals surface area contributed by atoms with Crippen molar-refractivity contribution < 1.29 is 4.79 Å². The summed E-state index contributed by atoms with van der Waals surface area (Å²) < 4.78 is 0. The van der Waals surface area contributed by atoms with Crippen LogP contribution in [0.25, 0.3) is 11.4 Å². The van der Waals surface area contributed by atoms with Gasteiger partial charge in [-0.15, -0.1) is 5.10 Å². The fourth-order valence-corrected chi connectivity index (χ4v) is 4.55. The molecule has 1 aromatic carbocycles. The molecule has 2 aromatic rings. The summed E-state index contributed by atoms with van der Waals surface area (Å²) in [5.74, 6) is 0.951. The molecule has 1 aliphatic carbocycles. The Balaban J connectivity index is 1.63. The van der Waals surface area contributed by atoms with Crippen molar-refractivity contribution in [1.29, 1.82) is 0 Å². The number of thioether (sulfide) groups is 1. The van der Waals surface area contributed by atoms with E-state index in [0.717, 1.165) is 37.2 Å². The third-order valence-electron chi connectivity index (χ3n) is 5.37. The molecule has 1 N–H and O–H groups in total. The zero-order valence-electron chi connectivity index (χ0n) is 16.6. The first-order chi connectivity index (χ1) is 13.1. The summed E-state index contributed by atoms with van der Waals surface area (Å²) in [7, 11) is 0. The highest BCUT2D eigenvalue weighted by Crippen LogP contribution is 2.27. The van der Waals surface area contributed by atoms with Crippen LogP contribution in [0.15, 0.2) is 29.4 Å². The summed E-state index contributed by atoms with van der Waals surface area (Å²) in [6.07, 6.45) is 7.05. The normalized spacial score (nSPS) is 16.3. The average Bonchev–Trinajstić information content (AvgIpc) is 3.17. The van der Waals surface area contributed by atoms with E-state index in [-0.39, 0.29) is 11.2 Å². The Kier molecular flexibility index (Phi) is 6.94. The number of aromatic nitrogens is 3. The largest absolute Gasteiger partial charge is 0.339 e. The highest BCUT2D eigenvalue weighted by atomic mass is 32.2. The summed E-state index contributed by atoms with van der Waals surface area (Å²) in [5.41, 5.74) is 2.32. The van der Waals surface area contributed by atoms with Crippen molar-refractivity contribution in [3.63, 3.8) is 0 Å². The molecular weight excluding hydrogens is 356 g/mol. The van der Waals surface area contributed by atoms with Crippen molar-refractivity contribution in [3.05, 3.63) is 29.8 Å². The zero-order valence-corrected chi connectivity index (χ0v) is 17.4. The van der Waals surface area contributed by atoms with E-state index >= 15 is 0 Å². The summed E-state index contributed by atoms with van der Waals surface area (Å²) in [5, 5.41) is 7.76. The van der Waals surface area contributed by atoms with E-state index in [1.54, 1.807) is 0 Å². The summed E-state index contributed by atoms with van der Waals surface area (Å²) in [6, 6.07) is 8.74. The van der Waals surface area contributed by atoms with Crippen molar-refractivity contribution >= 4 is 17.7 Å². The van der Waals surface area contributed by atoms with Crippen molar-refractivity contribution in [3.8, 4) is 11.4 Å². The predicted molar refractivity (Wildman–Crippen MR) is 111 cm³/mol. The first kappa shape index (κ1) is 19.9. The molecule has 0 spiro atoms. The molecule has 5 nitrogen and oxygen atoms in total. The van der Waals surface area contributed by atoms with E-state index in [2.05, 4.69) is 58.2 Å². The number of aryl methyl sites for hydroxylation is 1. The maximum Gasteiger partial charge on any atom is 0.236 e. The lowest BCUT2D eigenvalue weighted by atomic mass is 9.94. The van der Waals surface area contributed by atoms with Gasteiger partial charge in [0.25, 0.3) is 0 Å². The van der Waals surface area contributed by atoms with E-state index in [9.17, 15) is 4.79 Å². The predicted octanol–water partition coefficient (Wildman–Crippen LogP) is 4.70.